The summed E-state index contributed by atoms with van der Waals surface area (Å²) in [5.41, 5.74) is 0.415. The fraction of sp³-hybridized carbons (Fsp3) is 0.682. The van der Waals surface area contributed by atoms with Crippen molar-refractivity contribution in [3.63, 3.8) is 0 Å². The van der Waals surface area contributed by atoms with Crippen LogP contribution < -0.4 is 5.32 Å². The van der Waals surface area contributed by atoms with E-state index in [0.29, 0.717) is 43.5 Å². The number of benzene rings is 1. The molecule has 1 aromatic carbocycles. The molecular formula is C22H31ClFN3O3. The van der Waals surface area contributed by atoms with Crippen molar-refractivity contribution in [1.29, 1.82) is 0 Å². The summed E-state index contributed by atoms with van der Waals surface area (Å²) >= 11 is 6.20. The lowest BCUT2D eigenvalue weighted by atomic mass is 9.93. The van der Waals surface area contributed by atoms with Gasteiger partial charge in [-0.25, -0.2) is 4.39 Å². The lowest BCUT2D eigenvalue weighted by Crippen LogP contribution is -2.62. The predicted octanol–water partition coefficient (Wildman–Crippen LogP) is 2.30. The molecule has 30 heavy (non-hydrogen) atoms. The first-order valence-corrected chi connectivity index (χ1v) is 11.3. The predicted molar refractivity (Wildman–Crippen MR) is 113 cm³/mol. The Morgan fingerprint density at radius 3 is 2.60 bits per heavy atom. The van der Waals surface area contributed by atoms with Gasteiger partial charge in [-0.3, -0.25) is 14.6 Å². The molecule has 4 rings (SSSR count). The summed E-state index contributed by atoms with van der Waals surface area (Å²) in [5, 5.41) is 3.68. The molecule has 1 amide bonds. The molecule has 1 N–H and O–H groups in total. The summed E-state index contributed by atoms with van der Waals surface area (Å²) in [4.78, 5) is 17.3. The van der Waals surface area contributed by atoms with Crippen molar-refractivity contribution in [2.75, 3.05) is 59.2 Å². The number of piperazine rings is 1. The summed E-state index contributed by atoms with van der Waals surface area (Å²) in [7, 11) is 0. The van der Waals surface area contributed by atoms with E-state index in [-0.39, 0.29) is 23.2 Å². The van der Waals surface area contributed by atoms with Gasteiger partial charge in [0.05, 0.1) is 12.1 Å². The molecule has 0 saturated carbocycles. The summed E-state index contributed by atoms with van der Waals surface area (Å²) in [6, 6.07) is 4.84. The van der Waals surface area contributed by atoms with Gasteiger partial charge in [0.25, 0.3) is 0 Å². The van der Waals surface area contributed by atoms with Crippen LogP contribution in [0.3, 0.4) is 0 Å². The second kappa shape index (κ2) is 9.92. The van der Waals surface area contributed by atoms with Crippen LogP contribution in [-0.4, -0.2) is 80.4 Å². The second-order valence-corrected chi connectivity index (χ2v) is 9.00. The number of carbonyl (C=O) groups is 1. The molecule has 1 atom stereocenters. The molecule has 3 saturated heterocycles. The number of hydrogen-bond donors (Lipinski definition) is 1. The van der Waals surface area contributed by atoms with Crippen LogP contribution in [0.4, 0.5) is 4.39 Å². The summed E-state index contributed by atoms with van der Waals surface area (Å²) in [6.07, 6.45) is 2.51. The molecule has 8 heteroatoms. The minimum absolute atomic E-state index is 0.0560. The molecule has 1 unspecified atom stereocenters. The first kappa shape index (κ1) is 22.0. The maximum absolute atomic E-state index is 14.1. The molecule has 0 aliphatic carbocycles. The highest BCUT2D eigenvalue weighted by atomic mass is 35.5. The molecule has 1 aromatic rings. The van der Waals surface area contributed by atoms with E-state index in [9.17, 15) is 9.18 Å². The van der Waals surface area contributed by atoms with Gasteiger partial charge in [-0.1, -0.05) is 17.7 Å². The minimum Gasteiger partial charge on any atom is -0.381 e. The summed E-state index contributed by atoms with van der Waals surface area (Å²) in [5.74, 6) is -0.0562. The third kappa shape index (κ3) is 4.97. The molecule has 3 heterocycles. The van der Waals surface area contributed by atoms with Crippen molar-refractivity contribution < 1.29 is 18.7 Å². The second-order valence-electron chi connectivity index (χ2n) is 8.59. The number of nitrogens with one attached hydrogen (secondary N) is 1. The van der Waals surface area contributed by atoms with E-state index in [4.69, 9.17) is 21.1 Å². The van der Waals surface area contributed by atoms with Gasteiger partial charge in [-0.05, 0) is 31.4 Å². The van der Waals surface area contributed by atoms with E-state index in [1.165, 1.54) is 6.07 Å². The number of carbonyl (C=O) groups excluding carboxylic acids is 1. The first-order chi connectivity index (χ1) is 14.6. The van der Waals surface area contributed by atoms with Crippen molar-refractivity contribution in [3.05, 3.63) is 34.6 Å². The minimum atomic E-state index is -0.249. The molecule has 6 nitrogen and oxygen atoms in total. The molecule has 0 spiro atoms. The Kier molecular flexibility index (Phi) is 7.26. The highest BCUT2D eigenvalue weighted by Gasteiger charge is 2.42. The number of amides is 1. The average molecular weight is 440 g/mol. The Balaban J connectivity index is 1.32. The van der Waals surface area contributed by atoms with E-state index >= 15 is 0 Å². The molecular weight excluding hydrogens is 409 g/mol. The summed E-state index contributed by atoms with van der Waals surface area (Å²) in [6.45, 7) is 7.22. The number of nitrogens with zero attached hydrogens (tertiary/aromatic N) is 2. The highest BCUT2D eigenvalue weighted by Crippen LogP contribution is 2.28. The van der Waals surface area contributed by atoms with Crippen LogP contribution in [-0.2, 0) is 20.8 Å². The monoisotopic (exact) mass is 439 g/mol. The average Bonchev–Trinajstić information content (AvgIpc) is 3.26. The van der Waals surface area contributed by atoms with Gasteiger partial charge in [0.1, 0.15) is 5.82 Å². The zero-order chi connectivity index (χ0) is 21.0. The maximum Gasteiger partial charge on any atom is 0.223 e. The molecule has 3 aliphatic rings. The van der Waals surface area contributed by atoms with Crippen LogP contribution in [0.25, 0.3) is 0 Å². The molecule has 166 valence electrons. The van der Waals surface area contributed by atoms with Crippen molar-refractivity contribution in [3.8, 4) is 0 Å². The molecule has 0 aromatic heterocycles. The maximum atomic E-state index is 14.1. The van der Waals surface area contributed by atoms with E-state index < -0.39 is 0 Å². The Bertz CT molecular complexity index is 710. The van der Waals surface area contributed by atoms with E-state index in [0.717, 1.165) is 52.0 Å². The number of hydrogen-bond acceptors (Lipinski definition) is 5. The molecule has 3 fully saturated rings. The van der Waals surface area contributed by atoms with Crippen molar-refractivity contribution in [2.24, 2.45) is 5.92 Å². The number of ether oxygens (including phenoxy) is 2. The lowest BCUT2D eigenvalue weighted by Gasteiger charge is -2.45. The van der Waals surface area contributed by atoms with Gasteiger partial charge in [0.15, 0.2) is 0 Å². The molecule has 3 aliphatic heterocycles. The first-order valence-electron chi connectivity index (χ1n) is 10.9. The number of rotatable bonds is 6. The van der Waals surface area contributed by atoms with Gasteiger partial charge >= 0.3 is 0 Å². The largest absolute Gasteiger partial charge is 0.381 e. The van der Waals surface area contributed by atoms with Crippen LogP contribution in [0.1, 0.15) is 24.8 Å². The van der Waals surface area contributed by atoms with Crippen LogP contribution in [0.2, 0.25) is 5.02 Å². The van der Waals surface area contributed by atoms with Crippen LogP contribution in [0, 0.1) is 11.7 Å². The van der Waals surface area contributed by atoms with E-state index in [2.05, 4.69) is 15.1 Å². The van der Waals surface area contributed by atoms with Gasteiger partial charge < -0.3 is 14.8 Å². The van der Waals surface area contributed by atoms with Crippen LogP contribution in [0.15, 0.2) is 18.2 Å². The van der Waals surface area contributed by atoms with Crippen LogP contribution >= 0.6 is 11.6 Å². The highest BCUT2D eigenvalue weighted by molar-refractivity contribution is 6.31. The van der Waals surface area contributed by atoms with Crippen LogP contribution in [0.5, 0.6) is 0 Å². The Labute approximate surface area is 182 Å². The lowest BCUT2D eigenvalue weighted by molar-refractivity contribution is -0.128. The quantitative estimate of drug-likeness (QED) is 0.737. The topological polar surface area (TPSA) is 54.0 Å². The van der Waals surface area contributed by atoms with E-state index in [1.807, 2.05) is 0 Å². The Hall–Kier alpha value is -1.25. The fourth-order valence-electron chi connectivity index (χ4n) is 4.74. The van der Waals surface area contributed by atoms with Gasteiger partial charge in [0, 0.05) is 75.6 Å². The summed E-state index contributed by atoms with van der Waals surface area (Å²) < 4.78 is 25.2. The standard InChI is InChI=1S/C22H31ClFN3O3/c23-19-2-1-3-20(24)18(19)14-26-7-9-27(10-8-26)22(6-13-30-16-22)15-25-21(28)17-4-11-29-12-5-17/h1-3,17H,4-16H2,(H,25,28). The van der Waals surface area contributed by atoms with Crippen molar-refractivity contribution in [2.45, 2.75) is 31.3 Å². The number of halogens is 2. The van der Waals surface area contributed by atoms with E-state index in [1.54, 1.807) is 12.1 Å². The smallest absolute Gasteiger partial charge is 0.223 e. The zero-order valence-corrected chi connectivity index (χ0v) is 18.1. The van der Waals surface area contributed by atoms with Crippen molar-refractivity contribution >= 4 is 17.5 Å². The third-order valence-electron chi connectivity index (χ3n) is 6.75. The Morgan fingerprint density at radius 2 is 1.93 bits per heavy atom. The molecule has 0 radical (unpaired) electrons. The SMILES string of the molecule is O=C(NCC1(N2CCN(Cc3c(F)cccc3Cl)CC2)CCOC1)C1CCOCC1. The van der Waals surface area contributed by atoms with Gasteiger partial charge in [0.2, 0.25) is 5.91 Å². The van der Waals surface area contributed by atoms with Gasteiger partial charge in [-0.2, -0.15) is 0 Å². The van der Waals surface area contributed by atoms with Gasteiger partial charge in [-0.15, -0.1) is 0 Å². The normalized spacial score (nSPS) is 26.7. The fourth-order valence-corrected chi connectivity index (χ4v) is 4.96. The zero-order valence-electron chi connectivity index (χ0n) is 17.4. The Morgan fingerprint density at radius 1 is 1.17 bits per heavy atom. The molecule has 0 bridgehead atoms. The third-order valence-corrected chi connectivity index (χ3v) is 7.11. The van der Waals surface area contributed by atoms with Crippen molar-refractivity contribution in [1.82, 2.24) is 15.1 Å².